The number of nitrogens with one attached hydrogen (secondary N) is 1. The van der Waals surface area contributed by atoms with Crippen molar-refractivity contribution in [2.75, 3.05) is 33.8 Å². The summed E-state index contributed by atoms with van der Waals surface area (Å²) in [6.45, 7) is 0. The van der Waals surface area contributed by atoms with Crippen LogP contribution in [0.3, 0.4) is 0 Å². The van der Waals surface area contributed by atoms with E-state index < -0.39 is 17.9 Å². The van der Waals surface area contributed by atoms with E-state index in [1.807, 2.05) is 18.2 Å². The van der Waals surface area contributed by atoms with Crippen LogP contribution >= 0.6 is 11.5 Å². The molecule has 0 radical (unpaired) electrons. The highest BCUT2D eigenvalue weighted by atomic mass is 32.1. The minimum Gasteiger partial charge on any atom is -0.495 e. The van der Waals surface area contributed by atoms with Gasteiger partial charge in [0.15, 0.2) is 17.5 Å². The molecule has 2 amide bonds. The summed E-state index contributed by atoms with van der Waals surface area (Å²) in [6.07, 6.45) is 1.58. The Morgan fingerprint density at radius 3 is 2.21 bits per heavy atom. The SMILES string of the molecule is COc1ccc(-c2cnsc2-c2cc(OC)c(OC)c(OC)c2)cc1NC(=O)[C@@H]([NH3+])CC(N)=O. The fraction of sp³-hybridized carbons (Fsp3) is 0.261. The number of quaternary nitrogens is 1. The number of carbonyl (C=O) groups excluding carboxylic acids is 2. The first-order valence-corrected chi connectivity index (χ1v) is 11.0. The average molecular weight is 488 g/mol. The number of anilines is 1. The van der Waals surface area contributed by atoms with Gasteiger partial charge in [-0.05, 0) is 41.4 Å². The molecule has 0 aliphatic rings. The molecule has 0 fully saturated rings. The van der Waals surface area contributed by atoms with Gasteiger partial charge in [-0.15, -0.1) is 0 Å². The van der Waals surface area contributed by atoms with Crippen molar-refractivity contribution in [3.8, 4) is 44.6 Å². The lowest BCUT2D eigenvalue weighted by Crippen LogP contribution is -2.67. The predicted molar refractivity (Wildman–Crippen MR) is 128 cm³/mol. The van der Waals surface area contributed by atoms with Crippen molar-refractivity contribution in [1.82, 2.24) is 4.37 Å². The van der Waals surface area contributed by atoms with Crippen LogP contribution in [0.25, 0.3) is 21.6 Å². The molecule has 1 aromatic heterocycles. The zero-order chi connectivity index (χ0) is 24.8. The maximum absolute atomic E-state index is 12.5. The third-order valence-corrected chi connectivity index (χ3v) is 5.93. The molecular weight excluding hydrogens is 460 g/mol. The topological polar surface area (TPSA) is 150 Å². The third-order valence-electron chi connectivity index (χ3n) is 5.08. The molecule has 180 valence electrons. The molecule has 34 heavy (non-hydrogen) atoms. The highest BCUT2D eigenvalue weighted by molar-refractivity contribution is 7.10. The quantitative estimate of drug-likeness (QED) is 0.395. The first kappa shape index (κ1) is 24.8. The van der Waals surface area contributed by atoms with Crippen LogP contribution in [-0.2, 0) is 9.59 Å². The van der Waals surface area contributed by atoms with Crippen LogP contribution in [0.4, 0.5) is 5.69 Å². The van der Waals surface area contributed by atoms with Crippen molar-refractivity contribution in [3.63, 3.8) is 0 Å². The van der Waals surface area contributed by atoms with Crippen LogP contribution in [0.15, 0.2) is 36.5 Å². The van der Waals surface area contributed by atoms with Gasteiger partial charge in [0.2, 0.25) is 11.7 Å². The third kappa shape index (κ3) is 5.21. The predicted octanol–water partition coefficient (Wildman–Crippen LogP) is 1.94. The van der Waals surface area contributed by atoms with Crippen molar-refractivity contribution in [3.05, 3.63) is 36.5 Å². The van der Waals surface area contributed by atoms with E-state index in [1.54, 1.807) is 39.7 Å². The average Bonchev–Trinajstić information content (AvgIpc) is 3.32. The second-order valence-electron chi connectivity index (χ2n) is 7.25. The Labute approximate surface area is 200 Å². The van der Waals surface area contributed by atoms with E-state index in [0.717, 1.165) is 21.6 Å². The van der Waals surface area contributed by atoms with Crippen LogP contribution in [0.5, 0.6) is 23.0 Å². The molecule has 0 aliphatic heterocycles. The van der Waals surface area contributed by atoms with E-state index in [-0.39, 0.29) is 6.42 Å². The Balaban J connectivity index is 2.02. The fourth-order valence-corrected chi connectivity index (χ4v) is 4.16. The van der Waals surface area contributed by atoms with Crippen LogP contribution in [0.2, 0.25) is 0 Å². The number of hydrogen-bond acceptors (Lipinski definition) is 8. The van der Waals surface area contributed by atoms with Gasteiger partial charge < -0.3 is 35.7 Å². The van der Waals surface area contributed by atoms with Gasteiger partial charge in [-0.2, -0.15) is 4.37 Å². The summed E-state index contributed by atoms with van der Waals surface area (Å²) < 4.78 is 26.1. The van der Waals surface area contributed by atoms with Crippen molar-refractivity contribution < 1.29 is 34.3 Å². The van der Waals surface area contributed by atoms with Crippen LogP contribution < -0.4 is 35.7 Å². The lowest BCUT2D eigenvalue weighted by Gasteiger charge is -2.15. The first-order chi connectivity index (χ1) is 16.3. The van der Waals surface area contributed by atoms with Crippen LogP contribution in [0, 0.1) is 0 Å². The van der Waals surface area contributed by atoms with Crippen LogP contribution in [0.1, 0.15) is 6.42 Å². The number of benzene rings is 2. The molecule has 10 nitrogen and oxygen atoms in total. The smallest absolute Gasteiger partial charge is 0.283 e. The molecule has 0 aliphatic carbocycles. The normalized spacial score (nSPS) is 11.4. The van der Waals surface area contributed by atoms with Gasteiger partial charge in [0.25, 0.3) is 5.91 Å². The number of rotatable bonds is 10. The maximum Gasteiger partial charge on any atom is 0.283 e. The van der Waals surface area contributed by atoms with E-state index in [9.17, 15) is 9.59 Å². The Bertz CT molecular complexity index is 1170. The number of amides is 2. The van der Waals surface area contributed by atoms with Gasteiger partial charge in [0, 0.05) is 17.3 Å². The summed E-state index contributed by atoms with van der Waals surface area (Å²) in [4.78, 5) is 24.5. The van der Waals surface area contributed by atoms with E-state index in [1.165, 1.54) is 18.6 Å². The summed E-state index contributed by atoms with van der Waals surface area (Å²) >= 11 is 1.31. The summed E-state index contributed by atoms with van der Waals surface area (Å²) in [5.41, 5.74) is 11.8. The molecule has 1 heterocycles. The number of ether oxygens (including phenoxy) is 4. The van der Waals surface area contributed by atoms with Gasteiger partial charge in [0.05, 0.1) is 45.4 Å². The summed E-state index contributed by atoms with van der Waals surface area (Å²) in [5.74, 6) is 0.955. The van der Waals surface area contributed by atoms with E-state index in [4.69, 9.17) is 24.7 Å². The maximum atomic E-state index is 12.5. The lowest BCUT2D eigenvalue weighted by molar-refractivity contribution is -0.401. The fourth-order valence-electron chi connectivity index (χ4n) is 3.41. The lowest BCUT2D eigenvalue weighted by atomic mass is 10.0. The number of hydrogen-bond donors (Lipinski definition) is 3. The summed E-state index contributed by atoms with van der Waals surface area (Å²) in [7, 11) is 6.16. The summed E-state index contributed by atoms with van der Waals surface area (Å²) in [6, 6.07) is 8.25. The van der Waals surface area contributed by atoms with Crippen molar-refractivity contribution in [2.24, 2.45) is 5.73 Å². The minimum atomic E-state index is -0.830. The van der Waals surface area contributed by atoms with Crippen LogP contribution in [-0.4, -0.2) is 50.7 Å². The molecule has 0 spiro atoms. The molecule has 3 rings (SSSR count). The molecule has 2 aromatic carbocycles. The highest BCUT2D eigenvalue weighted by Gasteiger charge is 2.22. The standard InChI is InChI=1S/C23H26N4O6S/c1-30-17-6-5-12(7-16(17)27-23(29)15(24)10-20(25)28)14-11-26-34-22(14)13-8-18(31-2)21(33-4)19(9-13)32-3/h5-9,11,15H,10,24H2,1-4H3,(H2,25,28)(H,27,29)/p+1/t15-/m0/s1. The Morgan fingerprint density at radius 2 is 1.65 bits per heavy atom. The number of aromatic nitrogens is 1. The molecule has 0 unspecified atom stereocenters. The Kier molecular flexibility index (Phi) is 7.92. The molecule has 11 heteroatoms. The number of nitrogens with two attached hydrogens (primary N) is 1. The number of carbonyl (C=O) groups is 2. The van der Waals surface area contributed by atoms with Gasteiger partial charge in [-0.25, -0.2) is 0 Å². The van der Waals surface area contributed by atoms with Crippen molar-refractivity contribution in [2.45, 2.75) is 12.5 Å². The Hall–Kier alpha value is -3.83. The minimum absolute atomic E-state index is 0.159. The second kappa shape index (κ2) is 10.9. The zero-order valence-corrected chi connectivity index (χ0v) is 20.2. The van der Waals surface area contributed by atoms with E-state index >= 15 is 0 Å². The Morgan fingerprint density at radius 1 is 1.00 bits per heavy atom. The highest BCUT2D eigenvalue weighted by Crippen LogP contribution is 2.45. The molecule has 6 N–H and O–H groups in total. The molecular formula is C23H27N4O6S+. The van der Waals surface area contributed by atoms with E-state index in [0.29, 0.717) is 28.7 Å². The van der Waals surface area contributed by atoms with Crippen molar-refractivity contribution in [1.29, 1.82) is 0 Å². The zero-order valence-electron chi connectivity index (χ0n) is 19.3. The van der Waals surface area contributed by atoms with Gasteiger partial charge in [-0.1, -0.05) is 6.07 Å². The van der Waals surface area contributed by atoms with Gasteiger partial charge in [-0.3, -0.25) is 9.59 Å². The largest absolute Gasteiger partial charge is 0.495 e. The molecule has 3 aromatic rings. The van der Waals surface area contributed by atoms with E-state index in [2.05, 4.69) is 15.4 Å². The first-order valence-electron chi connectivity index (χ1n) is 10.2. The van der Waals surface area contributed by atoms with Gasteiger partial charge in [0.1, 0.15) is 5.75 Å². The number of primary amides is 1. The molecule has 0 bridgehead atoms. The number of nitrogens with zero attached hydrogens (tertiary/aromatic N) is 1. The molecule has 0 saturated heterocycles. The molecule has 0 saturated carbocycles. The summed E-state index contributed by atoms with van der Waals surface area (Å²) in [5, 5.41) is 2.77. The molecule has 1 atom stereocenters. The van der Waals surface area contributed by atoms with Gasteiger partial charge >= 0.3 is 0 Å². The monoisotopic (exact) mass is 487 g/mol. The number of methoxy groups -OCH3 is 4. The second-order valence-corrected chi connectivity index (χ2v) is 8.06. The van der Waals surface area contributed by atoms with Crippen molar-refractivity contribution >= 4 is 29.0 Å².